The Hall–Kier alpha value is -1.93. The molecule has 0 saturated heterocycles. The number of hydrogen-bond donors (Lipinski definition) is 3. The first-order valence-corrected chi connectivity index (χ1v) is 12.8. The average Bonchev–Trinajstić information content (AvgIpc) is 2.99. The molecular formula is C26H41N3O5. The van der Waals surface area contributed by atoms with Crippen LogP contribution in [0.1, 0.15) is 79.6 Å². The van der Waals surface area contributed by atoms with Crippen LogP contribution in [0.2, 0.25) is 0 Å². The molecule has 8 atom stereocenters. The van der Waals surface area contributed by atoms with E-state index in [9.17, 15) is 14.7 Å². The molecule has 3 saturated carbocycles. The summed E-state index contributed by atoms with van der Waals surface area (Å²) in [6, 6.07) is 0. The number of amides is 1. The second kappa shape index (κ2) is 8.94. The lowest BCUT2D eigenvalue weighted by atomic mass is 9.46. The molecule has 0 aromatic heterocycles. The van der Waals surface area contributed by atoms with Crippen LogP contribution >= 0.6 is 0 Å². The molecule has 0 heterocycles. The quantitative estimate of drug-likeness (QED) is 0.247. The summed E-state index contributed by atoms with van der Waals surface area (Å²) in [5.74, 6) is 1.02. The number of aliphatic hydroxyl groups excluding tert-OH is 1. The molecule has 4 N–H and O–H groups in total. The van der Waals surface area contributed by atoms with Crippen LogP contribution in [-0.2, 0) is 14.3 Å². The first-order valence-electron chi connectivity index (χ1n) is 12.8. The molecule has 8 heteroatoms. The summed E-state index contributed by atoms with van der Waals surface area (Å²) in [7, 11) is 0. The van der Waals surface area contributed by atoms with E-state index in [2.05, 4.69) is 30.5 Å². The van der Waals surface area contributed by atoms with E-state index in [-0.39, 0.29) is 35.4 Å². The van der Waals surface area contributed by atoms with Gasteiger partial charge in [0.15, 0.2) is 0 Å². The highest BCUT2D eigenvalue weighted by Crippen LogP contribution is 2.66. The number of hydrazone groups is 1. The van der Waals surface area contributed by atoms with Crippen molar-refractivity contribution in [2.75, 3.05) is 6.61 Å². The van der Waals surface area contributed by atoms with Gasteiger partial charge in [0.2, 0.25) is 0 Å². The van der Waals surface area contributed by atoms with Crippen molar-refractivity contribution in [2.45, 2.75) is 97.3 Å². The maximum atomic E-state index is 11.8. The second-order valence-electron chi connectivity index (χ2n) is 11.3. The second-order valence-corrected chi connectivity index (χ2v) is 11.3. The minimum atomic E-state index is -1.01. The molecule has 0 aromatic rings. The molecule has 190 valence electrons. The maximum Gasteiger partial charge on any atom is 0.427 e. The predicted octanol–water partition coefficient (Wildman–Crippen LogP) is 3.67. The Morgan fingerprint density at radius 1 is 1.24 bits per heavy atom. The highest BCUT2D eigenvalue weighted by Gasteiger charge is 2.67. The van der Waals surface area contributed by atoms with Crippen LogP contribution < -0.4 is 11.2 Å². The summed E-state index contributed by atoms with van der Waals surface area (Å²) in [6.07, 6.45) is 7.29. The minimum absolute atomic E-state index is 0.0158. The zero-order valence-corrected chi connectivity index (χ0v) is 21.2. The van der Waals surface area contributed by atoms with Crippen LogP contribution in [0, 0.1) is 28.6 Å². The van der Waals surface area contributed by atoms with Gasteiger partial charge in [0.1, 0.15) is 6.10 Å². The fourth-order valence-corrected chi connectivity index (χ4v) is 8.08. The number of nitrogens with zero attached hydrogens (tertiary/aromatic N) is 1. The van der Waals surface area contributed by atoms with E-state index >= 15 is 0 Å². The maximum absolute atomic E-state index is 11.8. The Morgan fingerprint density at radius 2 is 1.97 bits per heavy atom. The number of aliphatic hydroxyl groups is 1. The zero-order chi connectivity index (χ0) is 24.9. The SMILES string of the molecule is CCOC(=O)NN=C(C)[C@@]1(N)[C@H](O)C[C@H]2[C@@H]3CC=C4C[C@@H](OC(C)=O)CC[C@]4(C)[C@H]3CC[C@@]21C. The number of hydrogen-bond acceptors (Lipinski definition) is 7. The van der Waals surface area contributed by atoms with E-state index in [4.69, 9.17) is 15.2 Å². The van der Waals surface area contributed by atoms with Gasteiger partial charge < -0.3 is 20.3 Å². The number of carbonyl (C=O) groups excluding carboxylic acids is 2. The molecule has 1 amide bonds. The molecular weight excluding hydrogens is 434 g/mol. The van der Waals surface area contributed by atoms with Crippen LogP contribution in [0.5, 0.6) is 0 Å². The van der Waals surface area contributed by atoms with Crippen LogP contribution in [0.4, 0.5) is 4.79 Å². The summed E-state index contributed by atoms with van der Waals surface area (Å²) in [4.78, 5) is 23.3. The molecule has 8 nitrogen and oxygen atoms in total. The number of rotatable bonds is 4. The van der Waals surface area contributed by atoms with Crippen LogP contribution in [0.15, 0.2) is 16.8 Å². The highest BCUT2D eigenvalue weighted by molar-refractivity contribution is 5.94. The van der Waals surface area contributed by atoms with Gasteiger partial charge in [-0.15, -0.1) is 0 Å². The molecule has 0 unspecified atom stereocenters. The van der Waals surface area contributed by atoms with E-state index in [1.54, 1.807) is 13.8 Å². The van der Waals surface area contributed by atoms with E-state index in [1.807, 2.05) is 0 Å². The Kier molecular flexibility index (Phi) is 6.62. The van der Waals surface area contributed by atoms with Crippen molar-refractivity contribution < 1.29 is 24.2 Å². The largest absolute Gasteiger partial charge is 0.462 e. The van der Waals surface area contributed by atoms with Gasteiger partial charge in [-0.1, -0.05) is 25.5 Å². The van der Waals surface area contributed by atoms with Crippen molar-refractivity contribution in [2.24, 2.45) is 39.4 Å². The lowest BCUT2D eigenvalue weighted by Crippen LogP contribution is -2.65. The molecule has 3 fully saturated rings. The normalized spacial score (nSPS) is 43.7. The molecule has 0 aliphatic heterocycles. The lowest BCUT2D eigenvalue weighted by Gasteiger charge is -2.59. The van der Waals surface area contributed by atoms with Crippen molar-refractivity contribution in [1.29, 1.82) is 0 Å². The zero-order valence-electron chi connectivity index (χ0n) is 21.2. The molecule has 0 radical (unpaired) electrons. The summed E-state index contributed by atoms with van der Waals surface area (Å²) in [6.45, 7) is 9.87. The smallest absolute Gasteiger partial charge is 0.427 e. The molecule has 4 rings (SSSR count). The van der Waals surface area contributed by atoms with Crippen molar-refractivity contribution >= 4 is 17.8 Å². The van der Waals surface area contributed by atoms with Gasteiger partial charge in [-0.2, -0.15) is 5.10 Å². The third kappa shape index (κ3) is 3.77. The molecule has 0 aromatic carbocycles. The first-order chi connectivity index (χ1) is 16.0. The van der Waals surface area contributed by atoms with E-state index in [0.717, 1.165) is 38.5 Å². The minimum Gasteiger partial charge on any atom is -0.462 e. The summed E-state index contributed by atoms with van der Waals surface area (Å²) in [5.41, 5.74) is 10.2. The van der Waals surface area contributed by atoms with Crippen LogP contribution in [0.3, 0.4) is 0 Å². The summed E-state index contributed by atoms with van der Waals surface area (Å²) in [5, 5.41) is 15.5. The molecule has 4 aliphatic rings. The van der Waals surface area contributed by atoms with Crippen molar-refractivity contribution in [1.82, 2.24) is 5.43 Å². The number of nitrogens with two attached hydrogens (primary N) is 1. The number of carbonyl (C=O) groups is 2. The Morgan fingerprint density at radius 3 is 2.65 bits per heavy atom. The molecule has 34 heavy (non-hydrogen) atoms. The van der Waals surface area contributed by atoms with Crippen LogP contribution in [0.25, 0.3) is 0 Å². The Labute approximate surface area is 202 Å². The number of fused-ring (bicyclic) bond motifs is 5. The van der Waals surface area contributed by atoms with Crippen LogP contribution in [-0.4, -0.2) is 47.2 Å². The third-order valence-electron chi connectivity index (χ3n) is 9.92. The topological polar surface area (TPSA) is 123 Å². The van der Waals surface area contributed by atoms with Crippen molar-refractivity contribution in [3.63, 3.8) is 0 Å². The van der Waals surface area contributed by atoms with Crippen molar-refractivity contribution in [3.05, 3.63) is 11.6 Å². The highest BCUT2D eigenvalue weighted by atomic mass is 16.6. The molecule has 4 aliphatic carbocycles. The summed E-state index contributed by atoms with van der Waals surface area (Å²) >= 11 is 0. The first kappa shape index (κ1) is 25.2. The Balaban J connectivity index is 1.58. The average molecular weight is 476 g/mol. The van der Waals surface area contributed by atoms with E-state index in [0.29, 0.717) is 24.0 Å². The van der Waals surface area contributed by atoms with E-state index in [1.165, 1.54) is 12.5 Å². The number of esters is 1. The van der Waals surface area contributed by atoms with Gasteiger partial charge >= 0.3 is 12.1 Å². The third-order valence-corrected chi connectivity index (χ3v) is 9.92. The standard InChI is InChI=1S/C26H41N3O5/c1-6-33-23(32)29-28-15(2)26(27)22(31)14-21-19-8-7-17-13-18(34-16(3)30)9-11-24(17,4)20(19)10-12-25(21,26)5/h7,18-22,31H,6,8-14,27H2,1-5H3,(H,29,32)/t18-,19+,20-,21-,22+,24-,25-,26+/m0/s1. The fraction of sp³-hybridized carbons (Fsp3) is 0.808. The summed E-state index contributed by atoms with van der Waals surface area (Å²) < 4.78 is 10.5. The van der Waals surface area contributed by atoms with Gasteiger partial charge in [-0.25, -0.2) is 10.2 Å². The Bertz CT molecular complexity index is 903. The molecule has 0 bridgehead atoms. The number of ether oxygens (including phenoxy) is 2. The number of allylic oxidation sites excluding steroid dienone is 1. The van der Waals surface area contributed by atoms with Gasteiger partial charge in [0, 0.05) is 13.3 Å². The predicted molar refractivity (Wildman–Crippen MR) is 129 cm³/mol. The number of nitrogens with one attached hydrogen (secondary N) is 1. The van der Waals surface area contributed by atoms with Gasteiger partial charge in [-0.3, -0.25) is 4.79 Å². The molecule has 0 spiro atoms. The van der Waals surface area contributed by atoms with E-state index < -0.39 is 17.7 Å². The lowest BCUT2D eigenvalue weighted by molar-refractivity contribution is -0.148. The monoisotopic (exact) mass is 475 g/mol. The van der Waals surface area contributed by atoms with Crippen molar-refractivity contribution in [3.8, 4) is 0 Å². The van der Waals surface area contributed by atoms with Gasteiger partial charge in [0.25, 0.3) is 0 Å². The fourth-order valence-electron chi connectivity index (χ4n) is 8.08. The van der Waals surface area contributed by atoms with Gasteiger partial charge in [-0.05, 0) is 81.0 Å². The van der Waals surface area contributed by atoms with Gasteiger partial charge in [0.05, 0.1) is 24.0 Å².